The fourth-order valence-electron chi connectivity index (χ4n) is 3.69. The Balaban J connectivity index is 1.45. The molecule has 1 N–H and O–H groups in total. The average molecular weight is 377 g/mol. The summed E-state index contributed by atoms with van der Waals surface area (Å²) in [4.78, 5) is 12.0. The van der Waals surface area contributed by atoms with Crippen molar-refractivity contribution in [2.24, 2.45) is 0 Å². The Morgan fingerprint density at radius 3 is 2.96 bits per heavy atom. The van der Waals surface area contributed by atoms with Crippen molar-refractivity contribution in [1.82, 2.24) is 20.2 Å². The third-order valence-electron chi connectivity index (χ3n) is 5.08. The Labute approximate surface area is 158 Å². The van der Waals surface area contributed by atoms with Gasteiger partial charge >= 0.3 is 0 Å². The van der Waals surface area contributed by atoms with Gasteiger partial charge in [-0.15, -0.1) is 0 Å². The molecule has 0 amide bonds. The Kier molecular flexibility index (Phi) is 5.23. The van der Waals surface area contributed by atoms with E-state index in [0.29, 0.717) is 16.0 Å². The highest BCUT2D eigenvalue weighted by atomic mass is 35.5. The van der Waals surface area contributed by atoms with Crippen molar-refractivity contribution in [2.45, 2.75) is 38.3 Å². The SMILES string of the molecule is Clc1ccc(CN2CCc3nc(C4CCCNC4)ncc3C2)cc1Cl. The Hall–Kier alpha value is -1.20. The molecule has 1 aromatic carbocycles. The lowest BCUT2D eigenvalue weighted by Crippen LogP contribution is -2.32. The molecule has 0 radical (unpaired) electrons. The molecule has 0 aliphatic carbocycles. The molecule has 1 unspecified atom stereocenters. The van der Waals surface area contributed by atoms with Gasteiger partial charge in [0.1, 0.15) is 5.82 Å². The van der Waals surface area contributed by atoms with Gasteiger partial charge in [-0.1, -0.05) is 29.3 Å². The summed E-state index contributed by atoms with van der Waals surface area (Å²) < 4.78 is 0. The van der Waals surface area contributed by atoms with Crippen LogP contribution < -0.4 is 5.32 Å². The van der Waals surface area contributed by atoms with Crippen LogP contribution in [0.3, 0.4) is 0 Å². The van der Waals surface area contributed by atoms with Crippen LogP contribution >= 0.6 is 23.2 Å². The van der Waals surface area contributed by atoms with E-state index in [-0.39, 0.29) is 0 Å². The van der Waals surface area contributed by atoms with E-state index >= 15 is 0 Å². The standard InChI is InChI=1S/C19H22Cl2N4/c20-16-4-3-13(8-17(16)21)11-25-7-5-18-15(12-25)10-23-19(24-18)14-2-1-6-22-9-14/h3-4,8,10,14,22H,1-2,5-7,9,11-12H2. The van der Waals surface area contributed by atoms with Crippen molar-refractivity contribution >= 4 is 23.2 Å². The van der Waals surface area contributed by atoms with Crippen molar-refractivity contribution in [3.05, 3.63) is 57.1 Å². The molecule has 6 heteroatoms. The van der Waals surface area contributed by atoms with E-state index in [0.717, 1.165) is 45.0 Å². The monoisotopic (exact) mass is 376 g/mol. The summed E-state index contributed by atoms with van der Waals surface area (Å²) >= 11 is 12.1. The average Bonchev–Trinajstić information content (AvgIpc) is 2.65. The van der Waals surface area contributed by atoms with Crippen molar-refractivity contribution in [3.8, 4) is 0 Å². The molecule has 0 spiro atoms. The van der Waals surface area contributed by atoms with Crippen LogP contribution in [0.5, 0.6) is 0 Å². The molecule has 2 aliphatic heterocycles. The minimum absolute atomic E-state index is 0.466. The van der Waals surface area contributed by atoms with Gasteiger partial charge in [0, 0.05) is 56.0 Å². The van der Waals surface area contributed by atoms with E-state index < -0.39 is 0 Å². The van der Waals surface area contributed by atoms with Crippen LogP contribution in [0.4, 0.5) is 0 Å². The third kappa shape index (κ3) is 3.98. The molecule has 2 aliphatic rings. The fourth-order valence-corrected chi connectivity index (χ4v) is 4.01. The minimum atomic E-state index is 0.466. The zero-order valence-corrected chi connectivity index (χ0v) is 15.7. The van der Waals surface area contributed by atoms with Crippen molar-refractivity contribution in [1.29, 1.82) is 0 Å². The number of halogens is 2. The minimum Gasteiger partial charge on any atom is -0.316 e. The molecule has 132 valence electrons. The van der Waals surface area contributed by atoms with Crippen LogP contribution in [0.15, 0.2) is 24.4 Å². The number of hydrogen-bond acceptors (Lipinski definition) is 4. The smallest absolute Gasteiger partial charge is 0.132 e. The van der Waals surface area contributed by atoms with Crippen LogP contribution in [0.1, 0.15) is 41.4 Å². The first-order valence-corrected chi connectivity index (χ1v) is 9.66. The van der Waals surface area contributed by atoms with Crippen LogP contribution in [0.25, 0.3) is 0 Å². The molecular formula is C19H22Cl2N4. The molecule has 4 rings (SSSR count). The van der Waals surface area contributed by atoms with E-state index in [4.69, 9.17) is 28.2 Å². The molecule has 1 aromatic heterocycles. The zero-order valence-electron chi connectivity index (χ0n) is 14.1. The molecule has 25 heavy (non-hydrogen) atoms. The summed E-state index contributed by atoms with van der Waals surface area (Å²) in [5, 5.41) is 4.67. The van der Waals surface area contributed by atoms with Gasteiger partial charge in [-0.3, -0.25) is 4.90 Å². The van der Waals surface area contributed by atoms with Crippen LogP contribution in [0, 0.1) is 0 Å². The predicted octanol–water partition coefficient (Wildman–Crippen LogP) is 3.81. The first-order valence-electron chi connectivity index (χ1n) is 8.91. The Morgan fingerprint density at radius 2 is 2.16 bits per heavy atom. The number of nitrogens with one attached hydrogen (secondary N) is 1. The quantitative estimate of drug-likeness (QED) is 0.883. The summed E-state index contributed by atoms with van der Waals surface area (Å²) in [7, 11) is 0. The van der Waals surface area contributed by atoms with Crippen LogP contribution in [0.2, 0.25) is 10.0 Å². The Bertz CT molecular complexity index is 759. The molecule has 4 nitrogen and oxygen atoms in total. The van der Waals surface area contributed by atoms with Crippen molar-refractivity contribution in [3.63, 3.8) is 0 Å². The molecule has 1 atom stereocenters. The van der Waals surface area contributed by atoms with Gasteiger partial charge in [0.15, 0.2) is 0 Å². The number of fused-ring (bicyclic) bond motifs is 1. The number of nitrogens with zero attached hydrogens (tertiary/aromatic N) is 3. The van der Waals surface area contributed by atoms with Gasteiger partial charge in [0.2, 0.25) is 0 Å². The maximum absolute atomic E-state index is 6.13. The van der Waals surface area contributed by atoms with E-state index in [1.807, 2.05) is 24.4 Å². The van der Waals surface area contributed by atoms with Gasteiger partial charge in [-0.25, -0.2) is 9.97 Å². The van der Waals surface area contributed by atoms with Crippen molar-refractivity contribution < 1.29 is 0 Å². The number of rotatable bonds is 3. The third-order valence-corrected chi connectivity index (χ3v) is 5.82. The molecule has 0 bridgehead atoms. The van der Waals surface area contributed by atoms with E-state index in [2.05, 4.69) is 15.2 Å². The summed E-state index contributed by atoms with van der Waals surface area (Å²) in [6.45, 7) is 4.88. The zero-order chi connectivity index (χ0) is 17.2. The fraction of sp³-hybridized carbons (Fsp3) is 0.474. The van der Waals surface area contributed by atoms with Gasteiger partial charge < -0.3 is 5.32 Å². The van der Waals surface area contributed by atoms with E-state index in [1.54, 1.807) is 0 Å². The molecule has 1 fully saturated rings. The first kappa shape index (κ1) is 17.2. The lowest BCUT2D eigenvalue weighted by molar-refractivity contribution is 0.242. The Morgan fingerprint density at radius 1 is 1.24 bits per heavy atom. The highest BCUT2D eigenvalue weighted by Gasteiger charge is 2.22. The maximum Gasteiger partial charge on any atom is 0.132 e. The highest BCUT2D eigenvalue weighted by molar-refractivity contribution is 6.42. The van der Waals surface area contributed by atoms with Crippen molar-refractivity contribution in [2.75, 3.05) is 19.6 Å². The normalized spacial score (nSPS) is 21.1. The molecule has 1 saturated heterocycles. The second-order valence-corrected chi connectivity index (χ2v) is 7.77. The van der Waals surface area contributed by atoms with E-state index in [1.165, 1.54) is 29.7 Å². The molecule has 2 aromatic rings. The lowest BCUT2D eigenvalue weighted by atomic mass is 9.98. The van der Waals surface area contributed by atoms with Gasteiger partial charge in [0.25, 0.3) is 0 Å². The van der Waals surface area contributed by atoms with Gasteiger partial charge in [-0.2, -0.15) is 0 Å². The molecular weight excluding hydrogens is 355 g/mol. The molecule has 3 heterocycles. The highest BCUT2D eigenvalue weighted by Crippen LogP contribution is 2.26. The van der Waals surface area contributed by atoms with E-state index in [9.17, 15) is 0 Å². The second kappa shape index (κ2) is 7.58. The number of piperidine rings is 1. The predicted molar refractivity (Wildman–Crippen MR) is 101 cm³/mol. The summed E-state index contributed by atoms with van der Waals surface area (Å²) in [6.07, 6.45) is 5.41. The van der Waals surface area contributed by atoms with Crippen LogP contribution in [-0.4, -0.2) is 34.5 Å². The number of aromatic nitrogens is 2. The first-order chi connectivity index (χ1) is 12.2. The number of hydrogen-bond donors (Lipinski definition) is 1. The summed E-state index contributed by atoms with van der Waals surface area (Å²) in [5.74, 6) is 1.48. The number of benzene rings is 1. The van der Waals surface area contributed by atoms with Gasteiger partial charge in [0.05, 0.1) is 10.0 Å². The van der Waals surface area contributed by atoms with Gasteiger partial charge in [-0.05, 0) is 37.1 Å². The topological polar surface area (TPSA) is 41.1 Å². The largest absolute Gasteiger partial charge is 0.316 e. The van der Waals surface area contributed by atoms with Crippen LogP contribution in [-0.2, 0) is 19.5 Å². The maximum atomic E-state index is 6.13. The lowest BCUT2D eigenvalue weighted by Gasteiger charge is -2.29. The molecule has 0 saturated carbocycles. The summed E-state index contributed by atoms with van der Waals surface area (Å²) in [5.41, 5.74) is 3.66. The summed E-state index contributed by atoms with van der Waals surface area (Å²) in [6, 6.07) is 5.86. The second-order valence-electron chi connectivity index (χ2n) is 6.95.